The highest BCUT2D eigenvalue weighted by Gasteiger charge is 2.21. The Kier molecular flexibility index (Phi) is 4.20. The monoisotopic (exact) mass is 306 g/mol. The van der Waals surface area contributed by atoms with Gasteiger partial charge in [-0.15, -0.1) is 0 Å². The van der Waals surface area contributed by atoms with Crippen LogP contribution in [0.2, 0.25) is 0 Å². The van der Waals surface area contributed by atoms with Crippen LogP contribution < -0.4 is 10.0 Å². The summed E-state index contributed by atoms with van der Waals surface area (Å²) in [5.74, 6) is 0.0887. The van der Waals surface area contributed by atoms with E-state index in [9.17, 15) is 13.5 Å². The highest BCUT2D eigenvalue weighted by atomic mass is 32.2. The second-order valence-corrected chi connectivity index (χ2v) is 6.82. The first-order valence-electron chi connectivity index (χ1n) is 6.46. The van der Waals surface area contributed by atoms with Crippen LogP contribution >= 0.6 is 0 Å². The maximum Gasteiger partial charge on any atom is 0.264 e. The highest BCUT2D eigenvalue weighted by molar-refractivity contribution is 7.92. The van der Waals surface area contributed by atoms with Gasteiger partial charge in [-0.1, -0.05) is 12.1 Å². The molecule has 112 valence electrons. The summed E-state index contributed by atoms with van der Waals surface area (Å²) in [7, 11) is -2.16. The smallest absolute Gasteiger partial charge is 0.264 e. The molecule has 0 aliphatic rings. The summed E-state index contributed by atoms with van der Waals surface area (Å²) in [6.45, 7) is 1.84. The Balaban J connectivity index is 2.34. The van der Waals surface area contributed by atoms with Gasteiger partial charge in [0.25, 0.3) is 10.0 Å². The van der Waals surface area contributed by atoms with E-state index in [1.54, 1.807) is 36.4 Å². The number of hydrogen-bond donors (Lipinski definition) is 2. The van der Waals surface area contributed by atoms with E-state index in [0.717, 1.165) is 5.56 Å². The molecule has 2 rings (SSSR count). The lowest BCUT2D eigenvalue weighted by molar-refractivity contribution is 0.475. The molecule has 21 heavy (non-hydrogen) atoms. The molecule has 0 saturated heterocycles. The van der Waals surface area contributed by atoms with Gasteiger partial charge in [-0.05, 0) is 48.9 Å². The average molecular weight is 306 g/mol. The molecule has 0 aliphatic carbocycles. The molecular weight excluding hydrogens is 288 g/mol. The third-order valence-corrected chi connectivity index (χ3v) is 5.08. The SMILES string of the molecule is CC(N)c1ccc(S(=O)(=O)N(C)c2ccc(O)cc2)cc1. The second kappa shape index (κ2) is 5.75. The van der Waals surface area contributed by atoms with Crippen molar-refractivity contribution in [3.05, 3.63) is 54.1 Å². The predicted molar refractivity (Wildman–Crippen MR) is 82.7 cm³/mol. The fourth-order valence-electron chi connectivity index (χ4n) is 1.90. The van der Waals surface area contributed by atoms with Gasteiger partial charge in [-0.3, -0.25) is 4.31 Å². The number of nitrogens with zero attached hydrogens (tertiary/aromatic N) is 1. The standard InChI is InChI=1S/C15H18N2O3S/c1-11(16)12-3-9-15(10-4-12)21(19,20)17(2)13-5-7-14(18)8-6-13/h3-11,18H,16H2,1-2H3. The minimum atomic E-state index is -3.64. The van der Waals surface area contributed by atoms with Crippen molar-refractivity contribution in [3.63, 3.8) is 0 Å². The highest BCUT2D eigenvalue weighted by Crippen LogP contribution is 2.24. The molecule has 0 saturated carbocycles. The van der Waals surface area contributed by atoms with Gasteiger partial charge in [-0.25, -0.2) is 8.42 Å². The number of phenolic OH excluding ortho intramolecular Hbond substituents is 1. The van der Waals surface area contributed by atoms with Crippen molar-refractivity contribution in [3.8, 4) is 5.75 Å². The number of benzene rings is 2. The van der Waals surface area contributed by atoms with E-state index in [4.69, 9.17) is 5.73 Å². The Labute approximate surface area is 124 Å². The molecule has 0 amide bonds. The number of hydrogen-bond acceptors (Lipinski definition) is 4. The fraction of sp³-hybridized carbons (Fsp3) is 0.200. The Morgan fingerprint density at radius 2 is 1.57 bits per heavy atom. The van der Waals surface area contributed by atoms with E-state index < -0.39 is 10.0 Å². The third-order valence-electron chi connectivity index (χ3n) is 3.28. The average Bonchev–Trinajstić information content (AvgIpc) is 2.47. The Hall–Kier alpha value is -2.05. The largest absolute Gasteiger partial charge is 0.508 e. The van der Waals surface area contributed by atoms with Crippen LogP contribution in [0.3, 0.4) is 0 Å². The van der Waals surface area contributed by atoms with Gasteiger partial charge in [0.2, 0.25) is 0 Å². The first-order chi connectivity index (χ1) is 9.82. The van der Waals surface area contributed by atoms with Crippen LogP contribution in [-0.4, -0.2) is 20.6 Å². The number of anilines is 1. The normalized spacial score (nSPS) is 12.9. The zero-order valence-corrected chi connectivity index (χ0v) is 12.7. The summed E-state index contributed by atoms with van der Waals surface area (Å²) >= 11 is 0. The van der Waals surface area contributed by atoms with Crippen molar-refractivity contribution < 1.29 is 13.5 Å². The Morgan fingerprint density at radius 3 is 2.05 bits per heavy atom. The molecule has 2 aromatic carbocycles. The minimum absolute atomic E-state index is 0.0887. The summed E-state index contributed by atoms with van der Waals surface area (Å²) < 4.78 is 26.2. The molecule has 5 nitrogen and oxygen atoms in total. The van der Waals surface area contributed by atoms with E-state index in [1.165, 1.54) is 23.5 Å². The predicted octanol–water partition coefficient (Wildman–Crippen LogP) is 2.24. The fourth-order valence-corrected chi connectivity index (χ4v) is 3.10. The van der Waals surface area contributed by atoms with Crippen molar-refractivity contribution >= 4 is 15.7 Å². The quantitative estimate of drug-likeness (QED) is 0.907. The van der Waals surface area contributed by atoms with Crippen molar-refractivity contribution in [1.29, 1.82) is 0 Å². The van der Waals surface area contributed by atoms with Crippen LogP contribution in [0.25, 0.3) is 0 Å². The zero-order chi connectivity index (χ0) is 15.6. The molecule has 0 aromatic heterocycles. The molecule has 0 radical (unpaired) electrons. The van der Waals surface area contributed by atoms with Crippen molar-refractivity contribution in [1.82, 2.24) is 0 Å². The molecule has 0 spiro atoms. The van der Waals surface area contributed by atoms with Gasteiger partial charge in [0.05, 0.1) is 10.6 Å². The van der Waals surface area contributed by atoms with Crippen LogP contribution in [0.4, 0.5) is 5.69 Å². The molecule has 0 fully saturated rings. The van der Waals surface area contributed by atoms with E-state index >= 15 is 0 Å². The van der Waals surface area contributed by atoms with Crippen LogP contribution in [0.5, 0.6) is 5.75 Å². The maximum atomic E-state index is 12.5. The molecule has 6 heteroatoms. The molecule has 0 aliphatic heterocycles. The molecule has 1 atom stereocenters. The summed E-state index contributed by atoms with van der Waals surface area (Å²) in [6, 6.07) is 12.4. The lowest BCUT2D eigenvalue weighted by Crippen LogP contribution is -2.26. The van der Waals surface area contributed by atoms with Gasteiger partial charge in [0.1, 0.15) is 5.75 Å². The van der Waals surface area contributed by atoms with Gasteiger partial charge < -0.3 is 10.8 Å². The first-order valence-corrected chi connectivity index (χ1v) is 7.90. The zero-order valence-electron chi connectivity index (χ0n) is 11.9. The molecule has 2 aromatic rings. The molecule has 3 N–H and O–H groups in total. The summed E-state index contributed by atoms with van der Waals surface area (Å²) in [4.78, 5) is 0.197. The van der Waals surface area contributed by atoms with Crippen LogP contribution in [0.1, 0.15) is 18.5 Å². The van der Waals surface area contributed by atoms with E-state index in [0.29, 0.717) is 5.69 Å². The topological polar surface area (TPSA) is 83.6 Å². The Morgan fingerprint density at radius 1 is 1.05 bits per heavy atom. The van der Waals surface area contributed by atoms with Crippen molar-refractivity contribution in [2.24, 2.45) is 5.73 Å². The Bertz CT molecular complexity index is 708. The number of sulfonamides is 1. The first kappa shape index (κ1) is 15.3. The van der Waals surface area contributed by atoms with Crippen molar-refractivity contribution in [2.45, 2.75) is 17.9 Å². The van der Waals surface area contributed by atoms with Gasteiger partial charge in [0, 0.05) is 13.1 Å². The molecule has 0 heterocycles. The van der Waals surface area contributed by atoms with Crippen LogP contribution in [0, 0.1) is 0 Å². The van der Waals surface area contributed by atoms with E-state index in [2.05, 4.69) is 0 Å². The maximum absolute atomic E-state index is 12.5. The second-order valence-electron chi connectivity index (χ2n) is 4.85. The lowest BCUT2D eigenvalue weighted by Gasteiger charge is -2.20. The summed E-state index contributed by atoms with van der Waals surface area (Å²) in [6.07, 6.45) is 0. The van der Waals surface area contributed by atoms with Crippen LogP contribution in [0.15, 0.2) is 53.4 Å². The van der Waals surface area contributed by atoms with Crippen LogP contribution in [-0.2, 0) is 10.0 Å². The third kappa shape index (κ3) is 3.17. The van der Waals surface area contributed by atoms with Gasteiger partial charge >= 0.3 is 0 Å². The number of phenols is 1. The van der Waals surface area contributed by atoms with Gasteiger partial charge in [0.15, 0.2) is 0 Å². The van der Waals surface area contributed by atoms with E-state index in [-0.39, 0.29) is 16.7 Å². The number of aromatic hydroxyl groups is 1. The molecule has 0 bridgehead atoms. The van der Waals surface area contributed by atoms with Crippen molar-refractivity contribution in [2.75, 3.05) is 11.4 Å². The lowest BCUT2D eigenvalue weighted by atomic mass is 10.1. The molecule has 1 unspecified atom stereocenters. The number of rotatable bonds is 4. The minimum Gasteiger partial charge on any atom is -0.508 e. The van der Waals surface area contributed by atoms with Gasteiger partial charge in [-0.2, -0.15) is 0 Å². The summed E-state index contributed by atoms with van der Waals surface area (Å²) in [5.41, 5.74) is 7.11. The molecular formula is C15H18N2O3S. The summed E-state index contributed by atoms with van der Waals surface area (Å²) in [5, 5.41) is 9.26. The number of nitrogens with two attached hydrogens (primary N) is 1. The van der Waals surface area contributed by atoms with E-state index in [1.807, 2.05) is 6.92 Å².